The zero-order valence-corrected chi connectivity index (χ0v) is 17.8. The quantitative estimate of drug-likeness (QED) is 0.150. The van der Waals surface area contributed by atoms with Gasteiger partial charge in [0.15, 0.2) is 6.29 Å². The lowest BCUT2D eigenvalue weighted by molar-refractivity contribution is -0.299. The fourth-order valence-corrected chi connectivity index (χ4v) is 3.26. The van der Waals surface area contributed by atoms with Crippen molar-refractivity contribution in [2.45, 2.75) is 61.6 Å². The van der Waals surface area contributed by atoms with Crippen LogP contribution in [0.15, 0.2) is 30.3 Å². The number of ether oxygens (including phenoxy) is 3. The van der Waals surface area contributed by atoms with Crippen LogP contribution in [0.4, 0.5) is 4.79 Å². The number of rotatable bonds is 11. The first-order valence-corrected chi connectivity index (χ1v) is 10.3. The number of carbonyl (C=O) groups is 1. The van der Waals surface area contributed by atoms with Gasteiger partial charge in [-0.1, -0.05) is 30.3 Å². The normalized spacial score (nSPS) is 29.0. The molecule has 1 saturated heterocycles. The molecule has 1 amide bonds. The summed E-state index contributed by atoms with van der Waals surface area (Å²) < 4.78 is 16.1. The lowest BCUT2D eigenvalue weighted by atomic mass is 9.96. The van der Waals surface area contributed by atoms with E-state index in [1.54, 1.807) is 30.3 Å². The molecule has 9 atom stereocenters. The Labute approximate surface area is 189 Å². The van der Waals surface area contributed by atoms with Gasteiger partial charge in [0.1, 0.15) is 49.3 Å². The molecule has 0 spiro atoms. The number of carbonyl (C=O) groups excluding carboxylic acids is 1. The van der Waals surface area contributed by atoms with E-state index in [-0.39, 0.29) is 6.61 Å². The predicted molar refractivity (Wildman–Crippen MR) is 110 cm³/mol. The van der Waals surface area contributed by atoms with Crippen molar-refractivity contribution in [2.24, 2.45) is 5.73 Å². The van der Waals surface area contributed by atoms with Crippen LogP contribution in [0.5, 0.6) is 0 Å². The van der Waals surface area contributed by atoms with Crippen molar-refractivity contribution in [2.75, 3.05) is 19.8 Å². The molecule has 0 bridgehead atoms. The summed E-state index contributed by atoms with van der Waals surface area (Å²) in [7, 11) is 0. The molecule has 0 aliphatic carbocycles. The Kier molecular flexibility index (Phi) is 10.9. The Morgan fingerprint density at radius 2 is 1.76 bits per heavy atom. The van der Waals surface area contributed by atoms with E-state index < -0.39 is 80.9 Å². The van der Waals surface area contributed by atoms with Gasteiger partial charge in [-0.2, -0.15) is 0 Å². The maximum atomic E-state index is 12.3. The minimum Gasteiger partial charge on any atom is -0.445 e. The smallest absolute Gasteiger partial charge is 0.407 e. The van der Waals surface area contributed by atoms with Crippen molar-refractivity contribution in [3.05, 3.63) is 35.9 Å². The summed E-state index contributed by atoms with van der Waals surface area (Å²) in [6.07, 6.45) is -12.3. The van der Waals surface area contributed by atoms with E-state index in [0.29, 0.717) is 5.56 Å². The average molecular weight is 476 g/mol. The second-order valence-corrected chi connectivity index (χ2v) is 7.63. The third-order valence-corrected chi connectivity index (χ3v) is 5.22. The zero-order chi connectivity index (χ0) is 24.5. The molecule has 10 N–H and O–H groups in total. The molecular formula is C20H32N2O11. The molecule has 33 heavy (non-hydrogen) atoms. The lowest BCUT2D eigenvalue weighted by Crippen LogP contribution is -2.66. The van der Waals surface area contributed by atoms with Crippen LogP contribution >= 0.6 is 0 Å². The van der Waals surface area contributed by atoms with Crippen molar-refractivity contribution >= 4 is 6.09 Å². The Morgan fingerprint density at radius 1 is 1.09 bits per heavy atom. The number of amides is 1. The van der Waals surface area contributed by atoms with Crippen LogP contribution in [0.3, 0.4) is 0 Å². The molecule has 13 nitrogen and oxygen atoms in total. The van der Waals surface area contributed by atoms with E-state index >= 15 is 0 Å². The molecule has 2 rings (SSSR count). The molecule has 1 fully saturated rings. The van der Waals surface area contributed by atoms with Crippen LogP contribution in [0, 0.1) is 0 Å². The highest BCUT2D eigenvalue weighted by Gasteiger charge is 2.48. The van der Waals surface area contributed by atoms with Gasteiger partial charge >= 0.3 is 6.09 Å². The molecule has 13 heteroatoms. The molecule has 4 unspecified atom stereocenters. The number of nitrogens with two attached hydrogens (primary N) is 1. The van der Waals surface area contributed by atoms with Crippen LogP contribution in [0.2, 0.25) is 0 Å². The molecular weight excluding hydrogens is 444 g/mol. The van der Waals surface area contributed by atoms with E-state index in [1.807, 2.05) is 0 Å². The van der Waals surface area contributed by atoms with Crippen LogP contribution in [-0.4, -0.2) is 117 Å². The fourth-order valence-electron chi connectivity index (χ4n) is 3.26. The number of hydrogen-bond acceptors (Lipinski definition) is 12. The average Bonchev–Trinajstić information content (AvgIpc) is 2.84. The summed E-state index contributed by atoms with van der Waals surface area (Å²) in [5.74, 6) is 0. The van der Waals surface area contributed by atoms with Crippen molar-refractivity contribution in [1.29, 1.82) is 0 Å². The van der Waals surface area contributed by atoms with Gasteiger partial charge in [-0.05, 0) is 5.56 Å². The Bertz CT molecular complexity index is 713. The number of aliphatic hydroxyl groups is 7. The molecule has 0 radical (unpaired) electrons. The highest BCUT2D eigenvalue weighted by molar-refractivity contribution is 5.67. The van der Waals surface area contributed by atoms with Crippen molar-refractivity contribution in [3.8, 4) is 0 Å². The summed E-state index contributed by atoms with van der Waals surface area (Å²) in [5.41, 5.74) is 6.28. The van der Waals surface area contributed by atoms with E-state index in [1.165, 1.54) is 0 Å². The second kappa shape index (κ2) is 13.1. The Balaban J connectivity index is 2.18. The molecule has 188 valence electrons. The number of alkyl carbamates (subject to hydrolysis) is 1. The van der Waals surface area contributed by atoms with Gasteiger partial charge in [0, 0.05) is 0 Å². The Morgan fingerprint density at radius 3 is 2.33 bits per heavy atom. The number of nitrogens with one attached hydrogen (secondary N) is 1. The van der Waals surface area contributed by atoms with E-state index in [0.717, 1.165) is 0 Å². The van der Waals surface area contributed by atoms with Crippen molar-refractivity contribution < 1.29 is 54.8 Å². The van der Waals surface area contributed by atoms with Crippen molar-refractivity contribution in [1.82, 2.24) is 5.32 Å². The van der Waals surface area contributed by atoms with Crippen LogP contribution < -0.4 is 11.1 Å². The summed E-state index contributed by atoms with van der Waals surface area (Å²) in [4.78, 5) is 12.3. The molecule has 1 aromatic rings. The molecule has 0 saturated carbocycles. The zero-order valence-electron chi connectivity index (χ0n) is 17.8. The summed E-state index contributed by atoms with van der Waals surface area (Å²) in [5, 5.41) is 71.4. The maximum Gasteiger partial charge on any atom is 0.407 e. The van der Waals surface area contributed by atoms with E-state index in [4.69, 9.17) is 19.9 Å². The van der Waals surface area contributed by atoms with Gasteiger partial charge in [0.05, 0.1) is 25.9 Å². The predicted octanol–water partition coefficient (Wildman–Crippen LogP) is -3.86. The third-order valence-electron chi connectivity index (χ3n) is 5.22. The minimum absolute atomic E-state index is 0.0976. The lowest BCUT2D eigenvalue weighted by Gasteiger charge is -2.44. The molecule has 1 aromatic carbocycles. The fraction of sp³-hybridized carbons (Fsp3) is 0.650. The Hall–Kier alpha value is -1.91. The summed E-state index contributed by atoms with van der Waals surface area (Å²) in [6.45, 7) is -2.37. The number of benzene rings is 1. The first kappa shape index (κ1) is 27.3. The van der Waals surface area contributed by atoms with Crippen molar-refractivity contribution in [3.63, 3.8) is 0 Å². The first-order valence-electron chi connectivity index (χ1n) is 10.3. The molecule has 1 aliphatic heterocycles. The van der Waals surface area contributed by atoms with E-state index in [2.05, 4.69) is 5.32 Å². The number of hydrogen-bond donors (Lipinski definition) is 9. The first-order chi connectivity index (χ1) is 15.7. The maximum absolute atomic E-state index is 12.3. The van der Waals surface area contributed by atoms with Gasteiger partial charge in [-0.25, -0.2) is 4.79 Å². The molecule has 1 aliphatic rings. The molecule has 1 heterocycles. The third kappa shape index (κ3) is 7.28. The second-order valence-electron chi connectivity index (χ2n) is 7.63. The van der Waals surface area contributed by atoms with Gasteiger partial charge in [0.25, 0.3) is 0 Å². The highest BCUT2D eigenvalue weighted by atomic mass is 16.7. The standard InChI is InChI=1S/C20H32N2O11/c21-11(6-23)15(27)18(12(26)7-24)33-19-14(17(29)16(28)13(8-25)32-19)22-20(30)31-9-10-4-2-1-3-5-10/h1-5,11-19,23-29H,6-9,21H2,(H,22,30)/t11?,12?,13?,14?,15-,16+,17-,18+,19+/m1/s1. The van der Waals surface area contributed by atoms with Crippen LogP contribution in [-0.2, 0) is 20.8 Å². The monoisotopic (exact) mass is 476 g/mol. The van der Waals surface area contributed by atoms with Crippen LogP contribution in [0.25, 0.3) is 0 Å². The highest BCUT2D eigenvalue weighted by Crippen LogP contribution is 2.25. The van der Waals surface area contributed by atoms with Crippen LogP contribution in [0.1, 0.15) is 5.56 Å². The van der Waals surface area contributed by atoms with E-state index in [9.17, 15) is 40.5 Å². The van der Waals surface area contributed by atoms with Gasteiger partial charge in [0.2, 0.25) is 0 Å². The number of aliphatic hydroxyl groups excluding tert-OH is 7. The molecule has 0 aromatic heterocycles. The van der Waals surface area contributed by atoms with Gasteiger partial charge in [-0.3, -0.25) is 0 Å². The summed E-state index contributed by atoms with van der Waals surface area (Å²) in [6, 6.07) is 5.98. The topological polar surface area (TPSA) is 224 Å². The van der Waals surface area contributed by atoms with Gasteiger partial charge < -0.3 is 61.0 Å². The summed E-state index contributed by atoms with van der Waals surface area (Å²) >= 11 is 0. The van der Waals surface area contributed by atoms with Gasteiger partial charge in [-0.15, -0.1) is 0 Å². The minimum atomic E-state index is -1.71. The largest absolute Gasteiger partial charge is 0.445 e. The SMILES string of the molecule is NC(CO)[C@@H](O)[C@@H](O[C@@H]1OC(CO)[C@H](O)[C@H](O)C1NC(=O)OCc1ccccc1)C(O)CO.